The molecule has 4 nitrogen and oxygen atoms in total. The number of allylic oxidation sites excluding steroid dienone is 2. The molecule has 0 spiro atoms. The van der Waals surface area contributed by atoms with E-state index in [2.05, 4.69) is 4.79 Å². The van der Waals surface area contributed by atoms with Crippen molar-refractivity contribution in [2.75, 3.05) is 6.54 Å². The van der Waals surface area contributed by atoms with Crippen LogP contribution in [0.1, 0.15) is 6.92 Å². The van der Waals surface area contributed by atoms with Crippen molar-refractivity contribution in [3.63, 3.8) is 0 Å². The summed E-state index contributed by atoms with van der Waals surface area (Å²) in [6, 6.07) is -0.111. The van der Waals surface area contributed by atoms with Gasteiger partial charge >= 0.3 is 25.2 Å². The normalized spacial score (nSPS) is 17.3. The topological polar surface area (TPSA) is 59.9 Å². The largest absolute Gasteiger partial charge is 2.00 e. The maximum atomic E-state index is 9.27. The summed E-state index contributed by atoms with van der Waals surface area (Å²) in [5.41, 5.74) is 8.88. The Morgan fingerprint density at radius 1 is 1.40 bits per heavy atom. The van der Waals surface area contributed by atoms with Crippen molar-refractivity contribution < 1.29 is 54.3 Å². The summed E-state index contributed by atoms with van der Waals surface area (Å²) >= 11 is 0. The van der Waals surface area contributed by atoms with Gasteiger partial charge in [-0.3, -0.25) is 0 Å². The second-order valence-corrected chi connectivity index (χ2v) is 2.49. The van der Waals surface area contributed by atoms with Crippen LogP contribution in [0.15, 0.2) is 24.3 Å². The van der Waals surface area contributed by atoms with Crippen LogP contribution in [-0.2, 0) is 19.5 Å². The Hall–Kier alpha value is -0.0166. The van der Waals surface area contributed by atoms with E-state index in [4.69, 9.17) is 5.53 Å². The first-order valence-corrected chi connectivity index (χ1v) is 3.82. The molecule has 0 heterocycles. The van der Waals surface area contributed by atoms with E-state index in [1.165, 1.54) is 5.06 Å². The molecular formula is C8H11Cl2N3OZn. The van der Waals surface area contributed by atoms with Crippen LogP contribution in [0, 0.1) is 0 Å². The molecular weight excluding hydrogens is 290 g/mol. The van der Waals surface area contributed by atoms with Crippen molar-refractivity contribution >= 4 is 5.71 Å². The average Bonchev–Trinajstić information content (AvgIpc) is 2.17. The van der Waals surface area contributed by atoms with Crippen molar-refractivity contribution in [1.29, 1.82) is 0 Å². The van der Waals surface area contributed by atoms with E-state index in [-0.39, 0.29) is 50.3 Å². The van der Waals surface area contributed by atoms with Gasteiger partial charge in [-0.2, -0.15) is 9.85 Å². The molecule has 0 aromatic heterocycles. The minimum absolute atomic E-state index is 0. The summed E-state index contributed by atoms with van der Waals surface area (Å²) in [6.07, 6.45) is 6.84. The summed E-state index contributed by atoms with van der Waals surface area (Å²) < 4.78 is 0. The first-order valence-electron chi connectivity index (χ1n) is 3.82. The van der Waals surface area contributed by atoms with E-state index in [9.17, 15) is 5.21 Å². The molecule has 80 valence electrons. The monoisotopic (exact) mass is 299 g/mol. The molecule has 1 aliphatic carbocycles. The van der Waals surface area contributed by atoms with E-state index in [1.54, 1.807) is 24.3 Å². The molecule has 15 heavy (non-hydrogen) atoms. The average molecular weight is 301 g/mol. The van der Waals surface area contributed by atoms with E-state index in [0.29, 0.717) is 12.3 Å². The van der Waals surface area contributed by atoms with E-state index in [1.807, 2.05) is 6.92 Å². The van der Waals surface area contributed by atoms with Gasteiger partial charge in [-0.1, -0.05) is 19.1 Å². The zero-order chi connectivity index (χ0) is 8.97. The number of hydroxylamine groups is 2. The molecule has 0 aliphatic heterocycles. The predicted molar refractivity (Wildman–Crippen MR) is 44.9 cm³/mol. The standard InChI is InChI=1S/C8H11N3O.2ClH.Zn/c1-2-11(12)8-5-3-7(10-9)4-6-8;;;/h3-6,8,12H,2H2,1H3;2*1H;/q;;;+2/p-2. The fourth-order valence-electron chi connectivity index (χ4n) is 0.990. The molecule has 0 amide bonds. The Morgan fingerprint density at radius 3 is 2.20 bits per heavy atom. The third-order valence-electron chi connectivity index (χ3n) is 1.71. The summed E-state index contributed by atoms with van der Waals surface area (Å²) in [4.78, 5) is 3.01. The zero-order valence-electron chi connectivity index (χ0n) is 8.35. The minimum Gasteiger partial charge on any atom is -1.00 e. The van der Waals surface area contributed by atoms with Gasteiger partial charge in [-0.05, 0) is 0 Å². The van der Waals surface area contributed by atoms with Crippen LogP contribution in [0.3, 0.4) is 0 Å². The van der Waals surface area contributed by atoms with Gasteiger partial charge in [0.05, 0.1) is 6.04 Å². The third-order valence-corrected chi connectivity index (χ3v) is 1.71. The number of likely N-dealkylation sites (N-methyl/N-ethyl adjacent to an activating group) is 1. The van der Waals surface area contributed by atoms with Crippen LogP contribution >= 0.6 is 0 Å². The molecule has 0 bridgehead atoms. The van der Waals surface area contributed by atoms with Gasteiger partial charge in [0, 0.05) is 18.7 Å². The Morgan fingerprint density at radius 2 is 1.87 bits per heavy atom. The quantitative estimate of drug-likeness (QED) is 0.240. The number of halogens is 2. The van der Waals surface area contributed by atoms with Crippen LogP contribution in [0.2, 0.25) is 0 Å². The molecule has 0 saturated heterocycles. The third kappa shape index (κ3) is 6.21. The first-order chi connectivity index (χ1) is 5.77. The van der Waals surface area contributed by atoms with Gasteiger partial charge in [-0.15, -0.1) is 0 Å². The van der Waals surface area contributed by atoms with Gasteiger partial charge in [-0.25, -0.2) is 0 Å². The summed E-state index contributed by atoms with van der Waals surface area (Å²) in [5, 5.41) is 10.5. The number of hydrogen-bond donors (Lipinski definition) is 1. The summed E-state index contributed by atoms with van der Waals surface area (Å²) in [6.45, 7) is 2.42. The predicted octanol–water partition coefficient (Wildman–Crippen LogP) is -5.13. The van der Waals surface area contributed by atoms with Gasteiger partial charge in [0.1, 0.15) is 0 Å². The molecule has 0 fully saturated rings. The SMILES string of the molecule is CCN(O)C1C=CC(=[N+]=[N-])C=C1.[Cl-].[Cl-].[Zn+2]. The van der Waals surface area contributed by atoms with Gasteiger partial charge in [0.25, 0.3) is 0 Å². The van der Waals surface area contributed by atoms with Crippen molar-refractivity contribution in [2.24, 2.45) is 0 Å². The van der Waals surface area contributed by atoms with Crippen molar-refractivity contribution in [2.45, 2.75) is 13.0 Å². The molecule has 1 N–H and O–H groups in total. The van der Waals surface area contributed by atoms with Gasteiger partial charge in [0.15, 0.2) is 0 Å². The molecule has 0 radical (unpaired) electrons. The van der Waals surface area contributed by atoms with Crippen LogP contribution in [0.4, 0.5) is 0 Å². The number of rotatable bonds is 2. The molecule has 1 aliphatic rings. The zero-order valence-corrected chi connectivity index (χ0v) is 12.8. The Balaban J connectivity index is -0.000000480. The van der Waals surface area contributed by atoms with Crippen molar-refractivity contribution in [1.82, 2.24) is 5.06 Å². The molecule has 0 unspecified atom stereocenters. The van der Waals surface area contributed by atoms with Crippen LogP contribution in [0.25, 0.3) is 5.53 Å². The molecule has 1 rings (SSSR count). The van der Waals surface area contributed by atoms with E-state index in [0.717, 1.165) is 0 Å². The van der Waals surface area contributed by atoms with Crippen LogP contribution < -0.4 is 24.8 Å². The smallest absolute Gasteiger partial charge is 1.00 e. The second-order valence-electron chi connectivity index (χ2n) is 2.49. The fourth-order valence-corrected chi connectivity index (χ4v) is 0.990. The van der Waals surface area contributed by atoms with Crippen LogP contribution in [-0.4, -0.2) is 33.4 Å². The molecule has 0 atom stereocenters. The molecule has 7 heteroatoms. The van der Waals surface area contributed by atoms with Crippen molar-refractivity contribution in [3.05, 3.63) is 29.8 Å². The Labute approximate surface area is 114 Å². The maximum Gasteiger partial charge on any atom is 2.00 e. The summed E-state index contributed by atoms with van der Waals surface area (Å²) in [7, 11) is 0. The Kier molecular flexibility index (Phi) is 14.3. The van der Waals surface area contributed by atoms with Gasteiger partial charge in [0.2, 0.25) is 0 Å². The number of hydrogen-bond acceptors (Lipinski definition) is 2. The second kappa shape index (κ2) is 10.5. The Bertz CT molecular complexity index is 261. The van der Waals surface area contributed by atoms with Crippen LogP contribution in [0.5, 0.6) is 0 Å². The van der Waals surface area contributed by atoms with E-state index < -0.39 is 0 Å². The van der Waals surface area contributed by atoms with E-state index >= 15 is 0 Å². The van der Waals surface area contributed by atoms with Gasteiger partial charge < -0.3 is 35.6 Å². The maximum absolute atomic E-state index is 9.27. The summed E-state index contributed by atoms with van der Waals surface area (Å²) in [5.74, 6) is 0. The molecule has 0 saturated carbocycles. The minimum atomic E-state index is -0.111. The molecule has 0 aromatic rings. The first kappa shape index (κ1) is 20.4. The van der Waals surface area contributed by atoms with Crippen molar-refractivity contribution in [3.8, 4) is 0 Å². The number of nitrogens with zero attached hydrogens (tertiary/aromatic N) is 3. The molecule has 0 aromatic carbocycles. The fraction of sp³-hybridized carbons (Fsp3) is 0.375.